The number of nitriles is 1. The Labute approximate surface area is 137 Å². The van der Waals surface area contributed by atoms with Gasteiger partial charge in [0.25, 0.3) is 5.91 Å². The Bertz CT molecular complexity index is 838. The molecule has 114 valence electrons. The van der Waals surface area contributed by atoms with Crippen LogP contribution in [-0.4, -0.2) is 17.0 Å². The van der Waals surface area contributed by atoms with Gasteiger partial charge >= 0.3 is 5.97 Å². The Kier molecular flexibility index (Phi) is 5.13. The summed E-state index contributed by atoms with van der Waals surface area (Å²) in [5, 5.41) is 21.0. The molecule has 0 heterocycles. The van der Waals surface area contributed by atoms with E-state index in [1.54, 1.807) is 24.3 Å². The second-order valence-electron chi connectivity index (χ2n) is 4.53. The van der Waals surface area contributed by atoms with E-state index in [2.05, 4.69) is 5.32 Å². The molecular formula is C17H11ClN2O3. The quantitative estimate of drug-likeness (QED) is 0.663. The fourth-order valence-electron chi connectivity index (χ4n) is 1.82. The Morgan fingerprint density at radius 1 is 1.17 bits per heavy atom. The number of carboxylic acids is 1. The first-order chi connectivity index (χ1) is 11.0. The van der Waals surface area contributed by atoms with E-state index >= 15 is 0 Å². The molecule has 2 rings (SSSR count). The number of carbonyl (C=O) groups is 2. The molecule has 0 saturated carbocycles. The number of halogens is 1. The largest absolute Gasteiger partial charge is 0.478 e. The van der Waals surface area contributed by atoms with Crippen LogP contribution < -0.4 is 5.32 Å². The Morgan fingerprint density at radius 3 is 2.57 bits per heavy atom. The number of nitrogens with one attached hydrogen (secondary N) is 1. The van der Waals surface area contributed by atoms with Gasteiger partial charge in [0.1, 0.15) is 11.6 Å². The molecule has 0 atom stereocenters. The predicted octanol–water partition coefficient (Wildman–Crippen LogP) is 3.58. The van der Waals surface area contributed by atoms with E-state index in [-0.39, 0.29) is 16.8 Å². The van der Waals surface area contributed by atoms with Crippen molar-refractivity contribution in [2.24, 2.45) is 0 Å². The minimum absolute atomic E-state index is 0.0383. The summed E-state index contributed by atoms with van der Waals surface area (Å²) in [7, 11) is 0. The van der Waals surface area contributed by atoms with Gasteiger partial charge in [0.15, 0.2) is 0 Å². The molecule has 5 nitrogen and oxygen atoms in total. The van der Waals surface area contributed by atoms with E-state index in [1.165, 1.54) is 30.3 Å². The summed E-state index contributed by atoms with van der Waals surface area (Å²) in [6.07, 6.45) is 1.37. The van der Waals surface area contributed by atoms with E-state index in [9.17, 15) is 9.59 Å². The minimum atomic E-state index is -1.10. The molecule has 0 aromatic heterocycles. The van der Waals surface area contributed by atoms with Crippen molar-refractivity contribution in [3.63, 3.8) is 0 Å². The highest BCUT2D eigenvalue weighted by Gasteiger charge is 2.11. The van der Waals surface area contributed by atoms with Crippen LogP contribution in [0.15, 0.2) is 54.1 Å². The second kappa shape index (κ2) is 7.25. The standard InChI is InChI=1S/C17H11ClN2O3/c18-15-7-2-1-4-11(15)8-13(10-19)16(21)20-14-6-3-5-12(9-14)17(22)23/h1-9H,(H,20,21)(H,22,23)/b13-8-. The molecule has 2 aromatic rings. The fraction of sp³-hybridized carbons (Fsp3) is 0. The molecule has 23 heavy (non-hydrogen) atoms. The molecule has 2 N–H and O–H groups in total. The SMILES string of the molecule is N#C/C(=C/c1ccccc1Cl)C(=O)Nc1cccc(C(=O)O)c1. The molecule has 2 aromatic carbocycles. The van der Waals surface area contributed by atoms with Gasteiger partial charge in [-0.25, -0.2) is 4.79 Å². The monoisotopic (exact) mass is 326 g/mol. The number of rotatable bonds is 4. The van der Waals surface area contributed by atoms with Crippen molar-refractivity contribution in [3.05, 3.63) is 70.3 Å². The lowest BCUT2D eigenvalue weighted by Crippen LogP contribution is -2.14. The average molecular weight is 327 g/mol. The molecule has 0 unspecified atom stereocenters. The maximum absolute atomic E-state index is 12.1. The summed E-state index contributed by atoms with van der Waals surface area (Å²) in [6.45, 7) is 0. The van der Waals surface area contributed by atoms with Crippen LogP contribution in [0.2, 0.25) is 5.02 Å². The van der Waals surface area contributed by atoms with E-state index in [0.29, 0.717) is 10.6 Å². The van der Waals surface area contributed by atoms with Crippen LogP contribution in [0.25, 0.3) is 6.08 Å². The zero-order chi connectivity index (χ0) is 16.8. The van der Waals surface area contributed by atoms with Gasteiger partial charge in [0.05, 0.1) is 5.56 Å². The molecule has 0 saturated heterocycles. The van der Waals surface area contributed by atoms with Crippen LogP contribution in [0.3, 0.4) is 0 Å². The lowest BCUT2D eigenvalue weighted by Gasteiger charge is -2.05. The molecule has 0 aliphatic rings. The highest BCUT2D eigenvalue weighted by Crippen LogP contribution is 2.19. The van der Waals surface area contributed by atoms with Gasteiger partial charge in [-0.05, 0) is 35.9 Å². The van der Waals surface area contributed by atoms with Gasteiger partial charge in [-0.1, -0.05) is 35.9 Å². The Hall–Kier alpha value is -3.10. The van der Waals surface area contributed by atoms with Crippen LogP contribution in [-0.2, 0) is 4.79 Å². The first-order valence-corrected chi connectivity index (χ1v) is 6.90. The zero-order valence-corrected chi connectivity index (χ0v) is 12.5. The van der Waals surface area contributed by atoms with Crippen molar-refractivity contribution in [1.29, 1.82) is 5.26 Å². The number of hydrogen-bond donors (Lipinski definition) is 2. The van der Waals surface area contributed by atoms with Crippen molar-refractivity contribution in [3.8, 4) is 6.07 Å². The van der Waals surface area contributed by atoms with Crippen LogP contribution >= 0.6 is 11.6 Å². The van der Waals surface area contributed by atoms with Crippen LogP contribution in [0, 0.1) is 11.3 Å². The highest BCUT2D eigenvalue weighted by molar-refractivity contribution is 6.32. The van der Waals surface area contributed by atoms with E-state index in [0.717, 1.165) is 0 Å². The Balaban J connectivity index is 2.25. The third-order valence-corrected chi connectivity index (χ3v) is 3.28. The molecule has 1 amide bonds. The van der Waals surface area contributed by atoms with Gasteiger partial charge in [-0.15, -0.1) is 0 Å². The van der Waals surface area contributed by atoms with Crippen LogP contribution in [0.1, 0.15) is 15.9 Å². The topological polar surface area (TPSA) is 90.2 Å². The summed E-state index contributed by atoms with van der Waals surface area (Å²) in [4.78, 5) is 23.1. The zero-order valence-electron chi connectivity index (χ0n) is 11.8. The first-order valence-electron chi connectivity index (χ1n) is 6.52. The van der Waals surface area contributed by atoms with Crippen LogP contribution in [0.5, 0.6) is 0 Å². The molecule has 0 aliphatic carbocycles. The summed E-state index contributed by atoms with van der Waals surface area (Å²) in [5.74, 6) is -1.75. The third-order valence-electron chi connectivity index (χ3n) is 2.94. The minimum Gasteiger partial charge on any atom is -0.478 e. The number of anilines is 1. The number of hydrogen-bond acceptors (Lipinski definition) is 3. The van der Waals surface area contributed by atoms with E-state index in [4.69, 9.17) is 22.0 Å². The number of amides is 1. The summed E-state index contributed by atoms with van der Waals surface area (Å²) < 4.78 is 0. The number of carboxylic acid groups (broad SMARTS) is 1. The van der Waals surface area contributed by atoms with Crippen molar-refractivity contribution < 1.29 is 14.7 Å². The average Bonchev–Trinajstić information content (AvgIpc) is 2.54. The molecule has 0 spiro atoms. The maximum Gasteiger partial charge on any atom is 0.335 e. The number of aromatic carboxylic acids is 1. The molecule has 0 aliphatic heterocycles. The highest BCUT2D eigenvalue weighted by atomic mass is 35.5. The predicted molar refractivity (Wildman–Crippen MR) is 87.1 cm³/mol. The normalized spacial score (nSPS) is 10.7. The maximum atomic E-state index is 12.1. The third kappa shape index (κ3) is 4.19. The molecule has 0 fully saturated rings. The van der Waals surface area contributed by atoms with Gasteiger partial charge in [-0.2, -0.15) is 5.26 Å². The van der Waals surface area contributed by atoms with Crippen molar-refractivity contribution in [2.75, 3.05) is 5.32 Å². The summed E-state index contributed by atoms with van der Waals surface area (Å²) in [5.41, 5.74) is 0.727. The van der Waals surface area contributed by atoms with Crippen LogP contribution in [0.4, 0.5) is 5.69 Å². The molecule has 6 heteroatoms. The van der Waals surface area contributed by atoms with Gasteiger partial charge in [-0.3, -0.25) is 4.79 Å². The van der Waals surface area contributed by atoms with E-state index < -0.39 is 11.9 Å². The van der Waals surface area contributed by atoms with Gasteiger partial charge < -0.3 is 10.4 Å². The smallest absolute Gasteiger partial charge is 0.335 e. The first kappa shape index (κ1) is 16.3. The molecule has 0 radical (unpaired) electrons. The van der Waals surface area contributed by atoms with E-state index in [1.807, 2.05) is 6.07 Å². The molecular weight excluding hydrogens is 316 g/mol. The lowest BCUT2D eigenvalue weighted by molar-refractivity contribution is -0.112. The van der Waals surface area contributed by atoms with Crippen molar-refractivity contribution in [2.45, 2.75) is 0 Å². The summed E-state index contributed by atoms with van der Waals surface area (Å²) >= 11 is 5.99. The second-order valence-corrected chi connectivity index (χ2v) is 4.94. The summed E-state index contributed by atoms with van der Waals surface area (Å²) in [6, 6.07) is 14.4. The van der Waals surface area contributed by atoms with Gasteiger partial charge in [0.2, 0.25) is 0 Å². The number of carbonyl (C=O) groups excluding carboxylic acids is 1. The van der Waals surface area contributed by atoms with Crippen molar-refractivity contribution in [1.82, 2.24) is 0 Å². The number of benzene rings is 2. The molecule has 0 bridgehead atoms. The number of nitrogens with zero attached hydrogens (tertiary/aromatic N) is 1. The van der Waals surface area contributed by atoms with Gasteiger partial charge in [0, 0.05) is 10.7 Å². The van der Waals surface area contributed by atoms with Crippen molar-refractivity contribution >= 4 is 35.2 Å². The lowest BCUT2D eigenvalue weighted by atomic mass is 10.1. The fourth-order valence-corrected chi connectivity index (χ4v) is 2.01. The Morgan fingerprint density at radius 2 is 1.91 bits per heavy atom.